The largest absolute Gasteiger partial charge is 0.468 e. The molecule has 0 saturated heterocycles. The minimum Gasteiger partial charge on any atom is -0.468 e. The third-order valence-electron chi connectivity index (χ3n) is 4.16. The molecule has 0 unspecified atom stereocenters. The second-order valence-corrected chi connectivity index (χ2v) is 7.01. The highest BCUT2D eigenvalue weighted by atomic mass is 32.1. The van der Waals surface area contributed by atoms with Gasteiger partial charge in [0.05, 0.1) is 17.3 Å². The number of aryl methyl sites for hydroxylation is 2. The number of rotatable bonds is 3. The first-order valence-corrected chi connectivity index (χ1v) is 8.83. The number of carbonyl (C=O) groups excluding carboxylic acids is 2. The number of methoxy groups -OCH3 is 1. The van der Waals surface area contributed by atoms with Crippen molar-refractivity contribution >= 4 is 33.4 Å². The standard InChI is InChI=1S/C19H16F2N2O3S/c1-10-4-5-12(6-11(10)2)18(25)22-19-23(9-16(24)26-3)17-14(21)7-13(20)8-15(17)27-19/h4-8H,9H2,1-3H3. The molecule has 0 radical (unpaired) electrons. The van der Waals surface area contributed by atoms with Crippen molar-refractivity contribution in [2.75, 3.05) is 7.11 Å². The summed E-state index contributed by atoms with van der Waals surface area (Å²) in [6.07, 6.45) is 0. The van der Waals surface area contributed by atoms with E-state index < -0.39 is 23.5 Å². The van der Waals surface area contributed by atoms with Crippen molar-refractivity contribution in [2.45, 2.75) is 20.4 Å². The van der Waals surface area contributed by atoms with Crippen molar-refractivity contribution in [2.24, 2.45) is 4.99 Å². The van der Waals surface area contributed by atoms with Crippen molar-refractivity contribution in [1.29, 1.82) is 0 Å². The van der Waals surface area contributed by atoms with E-state index in [1.165, 1.54) is 11.7 Å². The van der Waals surface area contributed by atoms with Crippen LogP contribution in [-0.2, 0) is 16.1 Å². The lowest BCUT2D eigenvalue weighted by atomic mass is 10.1. The number of thiazole rings is 1. The predicted molar refractivity (Wildman–Crippen MR) is 97.6 cm³/mol. The van der Waals surface area contributed by atoms with Crippen LogP contribution in [0.2, 0.25) is 0 Å². The molecule has 0 bridgehead atoms. The monoisotopic (exact) mass is 390 g/mol. The predicted octanol–water partition coefficient (Wildman–Crippen LogP) is 3.51. The number of halogens is 2. The van der Waals surface area contributed by atoms with Crippen LogP contribution >= 0.6 is 11.3 Å². The van der Waals surface area contributed by atoms with Gasteiger partial charge >= 0.3 is 5.97 Å². The number of hydrogen-bond donors (Lipinski definition) is 0. The average Bonchev–Trinajstić information content (AvgIpc) is 2.94. The van der Waals surface area contributed by atoms with E-state index in [-0.39, 0.29) is 21.6 Å². The Morgan fingerprint density at radius 3 is 2.56 bits per heavy atom. The maximum atomic E-state index is 14.3. The first-order valence-electron chi connectivity index (χ1n) is 8.01. The molecule has 27 heavy (non-hydrogen) atoms. The summed E-state index contributed by atoms with van der Waals surface area (Å²) >= 11 is 0.923. The van der Waals surface area contributed by atoms with Crippen LogP contribution < -0.4 is 4.80 Å². The van der Waals surface area contributed by atoms with E-state index in [1.807, 2.05) is 13.8 Å². The number of fused-ring (bicyclic) bond motifs is 1. The topological polar surface area (TPSA) is 60.7 Å². The highest BCUT2D eigenvalue weighted by Crippen LogP contribution is 2.22. The van der Waals surface area contributed by atoms with Crippen LogP contribution in [0.4, 0.5) is 8.78 Å². The maximum Gasteiger partial charge on any atom is 0.325 e. The molecule has 140 valence electrons. The van der Waals surface area contributed by atoms with E-state index in [2.05, 4.69) is 9.73 Å². The summed E-state index contributed by atoms with van der Waals surface area (Å²) in [5.74, 6) is -2.77. The van der Waals surface area contributed by atoms with Crippen LogP contribution in [0.3, 0.4) is 0 Å². The molecule has 3 rings (SSSR count). The van der Waals surface area contributed by atoms with Crippen LogP contribution in [0.25, 0.3) is 10.2 Å². The highest BCUT2D eigenvalue weighted by molar-refractivity contribution is 7.16. The fourth-order valence-electron chi connectivity index (χ4n) is 2.58. The molecule has 1 aromatic heterocycles. The fraction of sp³-hybridized carbons (Fsp3) is 0.211. The summed E-state index contributed by atoms with van der Waals surface area (Å²) in [4.78, 5) is 28.4. The third kappa shape index (κ3) is 3.80. The number of carbonyl (C=O) groups is 2. The van der Waals surface area contributed by atoms with E-state index in [0.29, 0.717) is 5.56 Å². The lowest BCUT2D eigenvalue weighted by Crippen LogP contribution is -2.23. The Labute approximate surface area is 157 Å². The minimum absolute atomic E-state index is 0.00145. The van der Waals surface area contributed by atoms with Crippen LogP contribution in [0.1, 0.15) is 21.5 Å². The highest BCUT2D eigenvalue weighted by Gasteiger charge is 2.17. The van der Waals surface area contributed by atoms with Crippen molar-refractivity contribution in [1.82, 2.24) is 4.57 Å². The Hall–Kier alpha value is -2.87. The van der Waals surface area contributed by atoms with Crippen LogP contribution in [0.5, 0.6) is 0 Å². The zero-order chi connectivity index (χ0) is 19.7. The summed E-state index contributed by atoms with van der Waals surface area (Å²) in [6, 6.07) is 7.01. The molecule has 0 aliphatic rings. The van der Waals surface area contributed by atoms with Crippen LogP contribution in [0.15, 0.2) is 35.3 Å². The van der Waals surface area contributed by atoms with Gasteiger partial charge in [-0.05, 0) is 43.2 Å². The molecular weight excluding hydrogens is 374 g/mol. The van der Waals surface area contributed by atoms with Crippen molar-refractivity contribution in [3.05, 3.63) is 63.5 Å². The van der Waals surface area contributed by atoms with E-state index in [1.54, 1.807) is 18.2 Å². The molecular formula is C19H16F2N2O3S. The fourth-order valence-corrected chi connectivity index (χ4v) is 3.65. The molecule has 0 aliphatic carbocycles. The molecule has 0 fully saturated rings. The van der Waals surface area contributed by atoms with Gasteiger partial charge in [-0.3, -0.25) is 9.59 Å². The first-order chi connectivity index (χ1) is 12.8. The minimum atomic E-state index is -0.842. The third-order valence-corrected chi connectivity index (χ3v) is 5.19. The zero-order valence-electron chi connectivity index (χ0n) is 14.9. The van der Waals surface area contributed by atoms with Gasteiger partial charge in [-0.25, -0.2) is 8.78 Å². The lowest BCUT2D eigenvalue weighted by Gasteiger charge is -2.05. The van der Waals surface area contributed by atoms with Crippen molar-refractivity contribution in [3.63, 3.8) is 0 Å². The Morgan fingerprint density at radius 2 is 1.89 bits per heavy atom. The second-order valence-electron chi connectivity index (χ2n) is 6.00. The number of amides is 1. The Balaban J connectivity index is 2.19. The van der Waals surface area contributed by atoms with E-state index in [0.717, 1.165) is 34.6 Å². The lowest BCUT2D eigenvalue weighted by molar-refractivity contribution is -0.141. The Kier molecular flexibility index (Phi) is 5.18. The molecule has 2 aromatic carbocycles. The van der Waals surface area contributed by atoms with Crippen LogP contribution in [0, 0.1) is 25.5 Å². The van der Waals surface area contributed by atoms with E-state index in [9.17, 15) is 18.4 Å². The van der Waals surface area contributed by atoms with Gasteiger partial charge in [-0.1, -0.05) is 17.4 Å². The number of hydrogen-bond acceptors (Lipinski definition) is 4. The van der Waals surface area contributed by atoms with Gasteiger partial charge < -0.3 is 9.30 Å². The molecule has 0 spiro atoms. The number of esters is 1. The summed E-state index contributed by atoms with van der Waals surface area (Å²) in [5, 5.41) is 0. The molecule has 3 aromatic rings. The zero-order valence-corrected chi connectivity index (χ0v) is 15.7. The quantitative estimate of drug-likeness (QED) is 0.643. The summed E-state index contributed by atoms with van der Waals surface area (Å²) in [7, 11) is 1.20. The van der Waals surface area contributed by atoms with Gasteiger partial charge in [0.25, 0.3) is 5.91 Å². The summed E-state index contributed by atoms with van der Waals surface area (Å²) in [6.45, 7) is 3.45. The Bertz CT molecular complexity index is 1130. The molecule has 0 atom stereocenters. The number of benzene rings is 2. The first kappa shape index (κ1) is 18.9. The second kappa shape index (κ2) is 7.40. The smallest absolute Gasteiger partial charge is 0.325 e. The Morgan fingerprint density at radius 1 is 1.15 bits per heavy atom. The van der Waals surface area contributed by atoms with Crippen LogP contribution in [-0.4, -0.2) is 23.6 Å². The van der Waals surface area contributed by atoms with Gasteiger partial charge in [0.2, 0.25) is 0 Å². The normalized spacial score (nSPS) is 11.8. The average molecular weight is 390 g/mol. The number of ether oxygens (including phenoxy) is 1. The van der Waals surface area contributed by atoms with Gasteiger partial charge in [0.15, 0.2) is 10.6 Å². The molecule has 5 nitrogen and oxygen atoms in total. The van der Waals surface area contributed by atoms with Gasteiger partial charge in [0.1, 0.15) is 12.4 Å². The molecule has 1 amide bonds. The molecule has 0 N–H and O–H groups in total. The summed E-state index contributed by atoms with van der Waals surface area (Å²) < 4.78 is 33.9. The SMILES string of the molecule is COC(=O)Cn1c(=NC(=O)c2ccc(C)c(C)c2)sc2cc(F)cc(F)c21. The van der Waals surface area contributed by atoms with Crippen molar-refractivity contribution in [3.8, 4) is 0 Å². The molecule has 1 heterocycles. The molecule has 8 heteroatoms. The van der Waals surface area contributed by atoms with Gasteiger partial charge in [0, 0.05) is 11.6 Å². The van der Waals surface area contributed by atoms with Gasteiger partial charge in [-0.2, -0.15) is 4.99 Å². The summed E-state index contributed by atoms with van der Waals surface area (Å²) in [5.41, 5.74) is 2.33. The van der Waals surface area contributed by atoms with Crippen molar-refractivity contribution < 1.29 is 23.1 Å². The van der Waals surface area contributed by atoms with Gasteiger partial charge in [-0.15, -0.1) is 0 Å². The molecule has 0 saturated carbocycles. The number of aromatic nitrogens is 1. The number of nitrogens with zero attached hydrogens (tertiary/aromatic N) is 2. The van der Waals surface area contributed by atoms with E-state index in [4.69, 9.17) is 0 Å². The maximum absolute atomic E-state index is 14.3. The molecule has 0 aliphatic heterocycles. The van der Waals surface area contributed by atoms with E-state index >= 15 is 0 Å².